The Bertz CT molecular complexity index is 1350. The minimum absolute atomic E-state index is 0.0908. The molecule has 2 aromatic carbocycles. The molecule has 0 radical (unpaired) electrons. The van der Waals surface area contributed by atoms with Crippen LogP contribution in [0.1, 0.15) is 11.4 Å². The molecule has 0 saturated heterocycles. The van der Waals surface area contributed by atoms with Crippen molar-refractivity contribution in [2.75, 3.05) is 18.2 Å². The molecule has 4 rings (SSSR count). The van der Waals surface area contributed by atoms with Crippen molar-refractivity contribution in [3.05, 3.63) is 64.2 Å². The topological polar surface area (TPSA) is 79.5 Å². The molecule has 1 aromatic heterocycles. The standard InChI is InChI=1S/C21H18F2N2O4S3/c1-29-17-12-16-19(11-14(17)23)31-21(25(16)8-3-9-32(26,27)28)5-2-4-20-24-15-7-6-13(22)10-18(15)30-20/h2,4-7,10-12H,3,8-9H2,1H3,(H,26,27,28)/p+1. The third kappa shape index (κ3) is 5.12. The van der Waals surface area contributed by atoms with Gasteiger partial charge < -0.3 is 10.1 Å². The van der Waals surface area contributed by atoms with Crippen LogP contribution in [0.25, 0.3) is 16.3 Å². The average Bonchev–Trinajstić information content (AvgIpc) is 3.26. The summed E-state index contributed by atoms with van der Waals surface area (Å²) in [4.78, 5) is 0.800. The smallest absolute Gasteiger partial charge is 0.265 e. The van der Waals surface area contributed by atoms with Gasteiger partial charge in [0.1, 0.15) is 10.5 Å². The lowest BCUT2D eigenvalue weighted by Gasteiger charge is -2.01. The van der Waals surface area contributed by atoms with Crippen molar-refractivity contribution in [1.82, 2.24) is 0 Å². The summed E-state index contributed by atoms with van der Waals surface area (Å²) in [7, 11) is -2.70. The Morgan fingerprint density at radius 1 is 1.25 bits per heavy atom. The highest BCUT2D eigenvalue weighted by Gasteiger charge is 2.22. The van der Waals surface area contributed by atoms with Crippen LogP contribution >= 0.6 is 23.1 Å². The van der Waals surface area contributed by atoms with Gasteiger partial charge in [-0.2, -0.15) is 13.0 Å². The minimum atomic E-state index is -4.08. The number of methoxy groups -OCH3 is 1. The van der Waals surface area contributed by atoms with Gasteiger partial charge in [-0.25, -0.2) is 8.78 Å². The molecule has 0 aliphatic carbocycles. The van der Waals surface area contributed by atoms with E-state index in [1.807, 2.05) is 22.8 Å². The van der Waals surface area contributed by atoms with Gasteiger partial charge >= 0.3 is 0 Å². The Kier molecular flexibility index (Phi) is 6.52. The van der Waals surface area contributed by atoms with Crippen LogP contribution in [-0.4, -0.2) is 25.8 Å². The maximum absolute atomic E-state index is 14.2. The van der Waals surface area contributed by atoms with Crippen molar-refractivity contribution in [3.8, 4) is 5.75 Å². The molecule has 6 nitrogen and oxygen atoms in total. The third-order valence-electron chi connectivity index (χ3n) is 4.70. The predicted molar refractivity (Wildman–Crippen MR) is 123 cm³/mol. The fraction of sp³-hybridized carbons (Fsp3) is 0.190. The number of aryl methyl sites for hydroxylation is 1. The number of ether oxygens (including phenoxy) is 1. The van der Waals surface area contributed by atoms with E-state index >= 15 is 0 Å². The van der Waals surface area contributed by atoms with E-state index in [0.29, 0.717) is 16.8 Å². The fourth-order valence-corrected chi connectivity index (χ4v) is 5.82. The summed E-state index contributed by atoms with van der Waals surface area (Å²) in [6, 6.07) is 7.50. The molecule has 1 aliphatic rings. The number of halogens is 2. The van der Waals surface area contributed by atoms with Crippen LogP contribution in [0.15, 0.2) is 52.4 Å². The molecule has 1 aliphatic heterocycles. The Labute approximate surface area is 192 Å². The normalized spacial score (nSPS) is 14.9. The molecule has 0 spiro atoms. The van der Waals surface area contributed by atoms with Crippen LogP contribution in [0.2, 0.25) is 0 Å². The highest BCUT2D eigenvalue weighted by Crippen LogP contribution is 2.41. The van der Waals surface area contributed by atoms with E-state index in [1.165, 1.54) is 48.4 Å². The van der Waals surface area contributed by atoms with E-state index < -0.39 is 15.9 Å². The van der Waals surface area contributed by atoms with Gasteiger partial charge in [-0.1, -0.05) is 29.2 Å². The maximum atomic E-state index is 14.2. The second-order valence-corrected chi connectivity index (χ2v) is 10.7. The van der Waals surface area contributed by atoms with Crippen molar-refractivity contribution >= 4 is 55.2 Å². The zero-order chi connectivity index (χ0) is 22.9. The molecule has 0 amide bonds. The first-order chi connectivity index (χ1) is 15.2. The van der Waals surface area contributed by atoms with Crippen LogP contribution in [0.5, 0.6) is 5.75 Å². The van der Waals surface area contributed by atoms with Crippen molar-refractivity contribution < 1.29 is 31.1 Å². The second kappa shape index (κ2) is 9.18. The molecular formula is C21H19F2N2O4S3+. The Morgan fingerprint density at radius 2 is 2.06 bits per heavy atom. The van der Waals surface area contributed by atoms with E-state index in [0.717, 1.165) is 20.6 Å². The molecule has 0 bridgehead atoms. The highest BCUT2D eigenvalue weighted by atomic mass is 32.2. The number of benzene rings is 2. The number of anilines is 1. The van der Waals surface area contributed by atoms with Crippen molar-refractivity contribution in [3.63, 3.8) is 0 Å². The zero-order valence-electron chi connectivity index (χ0n) is 16.8. The lowest BCUT2D eigenvalue weighted by molar-refractivity contribution is -0.668. The van der Waals surface area contributed by atoms with Crippen LogP contribution < -0.4 is 14.6 Å². The number of aromatic nitrogens is 1. The number of thiazole rings is 1. The number of hydrogen-bond acceptors (Lipinski definition) is 6. The molecule has 0 atom stereocenters. The Hall–Kier alpha value is -2.47. The van der Waals surface area contributed by atoms with Gasteiger partial charge in [0.15, 0.2) is 18.1 Å². The molecule has 168 valence electrons. The molecule has 11 heteroatoms. The monoisotopic (exact) mass is 497 g/mol. The Balaban J connectivity index is 1.62. The molecule has 0 saturated carbocycles. The summed E-state index contributed by atoms with van der Waals surface area (Å²) in [6.07, 6.45) is 5.68. The largest absolute Gasteiger partial charge is 0.493 e. The number of nitrogens with zero attached hydrogens (tertiary/aromatic N) is 1. The van der Waals surface area contributed by atoms with Gasteiger partial charge in [0.2, 0.25) is 5.52 Å². The van der Waals surface area contributed by atoms with Gasteiger partial charge in [-0.3, -0.25) is 4.55 Å². The molecule has 3 aromatic rings. The van der Waals surface area contributed by atoms with Crippen molar-refractivity contribution in [1.29, 1.82) is 0 Å². The number of hydrogen-bond donors (Lipinski definition) is 2. The first-order valence-corrected chi connectivity index (χ1v) is 12.8. The van der Waals surface area contributed by atoms with Gasteiger partial charge in [0.25, 0.3) is 15.1 Å². The SMILES string of the molecule is COc1cc2c(cc1F)sc(C=CC=C1Nc3ccc(F)cc3S1)[n+]2CCCS(=O)(=O)O. The lowest BCUT2D eigenvalue weighted by atomic mass is 10.3. The molecule has 0 unspecified atom stereocenters. The van der Waals surface area contributed by atoms with E-state index in [9.17, 15) is 17.2 Å². The van der Waals surface area contributed by atoms with Gasteiger partial charge in [0.05, 0.1) is 29.6 Å². The average molecular weight is 498 g/mol. The summed E-state index contributed by atoms with van der Waals surface area (Å²) >= 11 is 2.76. The predicted octanol–water partition coefficient (Wildman–Crippen LogP) is 4.83. The van der Waals surface area contributed by atoms with Crippen molar-refractivity contribution in [2.24, 2.45) is 0 Å². The van der Waals surface area contributed by atoms with Gasteiger partial charge in [0, 0.05) is 23.5 Å². The molecule has 2 N–H and O–H groups in total. The zero-order valence-corrected chi connectivity index (χ0v) is 19.3. The molecule has 0 fully saturated rings. The van der Waals surface area contributed by atoms with E-state index in [4.69, 9.17) is 9.29 Å². The first-order valence-electron chi connectivity index (χ1n) is 9.51. The van der Waals surface area contributed by atoms with Gasteiger partial charge in [-0.15, -0.1) is 0 Å². The third-order valence-corrected chi connectivity index (χ3v) is 7.63. The number of rotatable bonds is 7. The fourth-order valence-electron chi connectivity index (χ4n) is 3.27. The number of thioether (sulfide) groups is 1. The van der Waals surface area contributed by atoms with E-state index in [-0.39, 0.29) is 23.7 Å². The van der Waals surface area contributed by atoms with Crippen LogP contribution in [0.3, 0.4) is 0 Å². The summed E-state index contributed by atoms with van der Waals surface area (Å²) in [5.41, 5.74) is 1.54. The van der Waals surface area contributed by atoms with Crippen LogP contribution in [0.4, 0.5) is 14.5 Å². The highest BCUT2D eigenvalue weighted by molar-refractivity contribution is 8.03. The lowest BCUT2D eigenvalue weighted by Crippen LogP contribution is -2.36. The van der Waals surface area contributed by atoms with Gasteiger partial charge in [-0.05, 0) is 24.3 Å². The maximum Gasteiger partial charge on any atom is 0.265 e. The summed E-state index contributed by atoms with van der Waals surface area (Å²) in [6.45, 7) is 0.308. The van der Waals surface area contributed by atoms with E-state index in [1.54, 1.807) is 12.1 Å². The first kappa shape index (κ1) is 22.7. The quantitative estimate of drug-likeness (QED) is 0.360. The molecular weight excluding hydrogens is 478 g/mol. The summed E-state index contributed by atoms with van der Waals surface area (Å²) in [5.74, 6) is -1.07. The van der Waals surface area contributed by atoms with Crippen LogP contribution in [0, 0.1) is 11.6 Å². The Morgan fingerprint density at radius 3 is 2.81 bits per heavy atom. The molecule has 2 heterocycles. The second-order valence-electron chi connectivity index (χ2n) is 6.94. The van der Waals surface area contributed by atoms with E-state index in [2.05, 4.69) is 5.32 Å². The van der Waals surface area contributed by atoms with Crippen molar-refractivity contribution in [2.45, 2.75) is 17.9 Å². The number of allylic oxidation sites excluding steroid dienone is 2. The van der Waals surface area contributed by atoms with Crippen LogP contribution in [-0.2, 0) is 16.7 Å². The number of fused-ring (bicyclic) bond motifs is 2. The summed E-state index contributed by atoms with van der Waals surface area (Å²) < 4.78 is 66.5. The number of nitrogens with one attached hydrogen (secondary N) is 1. The minimum Gasteiger partial charge on any atom is -0.493 e. The summed E-state index contributed by atoms with van der Waals surface area (Å²) in [5, 5.41) is 4.80. The molecule has 32 heavy (non-hydrogen) atoms.